The Morgan fingerprint density at radius 3 is 2.63 bits per heavy atom. The number of para-hydroxylation sites is 1. The van der Waals surface area contributed by atoms with Crippen molar-refractivity contribution in [3.8, 4) is 11.5 Å². The second kappa shape index (κ2) is 7.33. The highest BCUT2D eigenvalue weighted by atomic mass is 16.5. The van der Waals surface area contributed by atoms with Crippen molar-refractivity contribution in [2.45, 2.75) is 18.4 Å². The summed E-state index contributed by atoms with van der Waals surface area (Å²) in [6.45, 7) is 0. The van der Waals surface area contributed by atoms with Gasteiger partial charge in [-0.1, -0.05) is 36.4 Å². The van der Waals surface area contributed by atoms with Crippen molar-refractivity contribution >= 4 is 11.7 Å². The molecule has 0 fully saturated rings. The summed E-state index contributed by atoms with van der Waals surface area (Å²) in [6.07, 6.45) is 4.08. The molecule has 7 heteroatoms. The number of aromatic nitrogens is 3. The van der Waals surface area contributed by atoms with E-state index in [1.165, 1.54) is 6.33 Å². The molecule has 1 aliphatic carbocycles. The van der Waals surface area contributed by atoms with Gasteiger partial charge in [0, 0.05) is 23.6 Å². The second-order valence-electron chi connectivity index (χ2n) is 7.49. The fourth-order valence-corrected chi connectivity index (χ4v) is 4.46. The quantitative estimate of drug-likeness (QED) is 0.719. The number of hydrogen-bond donors (Lipinski definition) is 1. The molecular formula is C23H22N4O3. The lowest BCUT2D eigenvalue weighted by atomic mass is 9.75. The molecule has 152 valence electrons. The molecule has 5 rings (SSSR count). The largest absolute Gasteiger partial charge is 0.497 e. The van der Waals surface area contributed by atoms with Crippen LogP contribution < -0.4 is 14.8 Å². The molecule has 30 heavy (non-hydrogen) atoms. The number of ketones is 1. The van der Waals surface area contributed by atoms with Crippen molar-refractivity contribution in [2.75, 3.05) is 19.5 Å². The summed E-state index contributed by atoms with van der Waals surface area (Å²) in [4.78, 5) is 17.8. The van der Waals surface area contributed by atoms with E-state index in [4.69, 9.17) is 9.47 Å². The zero-order valence-corrected chi connectivity index (χ0v) is 16.8. The minimum atomic E-state index is -0.370. The minimum absolute atomic E-state index is 0.00468. The van der Waals surface area contributed by atoms with Crippen molar-refractivity contribution in [3.63, 3.8) is 0 Å². The van der Waals surface area contributed by atoms with E-state index in [1.807, 2.05) is 48.5 Å². The van der Waals surface area contributed by atoms with Crippen molar-refractivity contribution in [1.29, 1.82) is 0 Å². The first-order chi connectivity index (χ1) is 14.7. The zero-order chi connectivity index (χ0) is 20.7. The summed E-state index contributed by atoms with van der Waals surface area (Å²) in [6, 6.07) is 15.3. The molecule has 2 aliphatic rings. The summed E-state index contributed by atoms with van der Waals surface area (Å²) in [7, 11) is 3.28. The second-order valence-corrected chi connectivity index (χ2v) is 7.49. The SMILES string of the molecule is COc1ccc([C@H]2C=C3Nc4ncnn4[C@H](c4ccccc4OC)[C@H]3C(=O)C2)cc1. The summed E-state index contributed by atoms with van der Waals surface area (Å²) in [5.41, 5.74) is 2.86. The van der Waals surface area contributed by atoms with Gasteiger partial charge in [-0.25, -0.2) is 4.68 Å². The van der Waals surface area contributed by atoms with E-state index in [2.05, 4.69) is 21.5 Å². The number of anilines is 1. The molecular weight excluding hydrogens is 380 g/mol. The van der Waals surface area contributed by atoms with Crippen molar-refractivity contribution < 1.29 is 14.3 Å². The molecule has 2 aromatic carbocycles. The Balaban J connectivity index is 1.59. The van der Waals surface area contributed by atoms with Gasteiger partial charge in [0.15, 0.2) is 0 Å². The third kappa shape index (κ3) is 2.94. The number of nitrogens with zero attached hydrogens (tertiary/aromatic N) is 3. The van der Waals surface area contributed by atoms with Gasteiger partial charge in [-0.3, -0.25) is 4.79 Å². The Labute approximate surface area is 174 Å². The maximum atomic E-state index is 13.4. The number of benzene rings is 2. The third-order valence-corrected chi connectivity index (χ3v) is 5.89. The molecule has 0 radical (unpaired) electrons. The van der Waals surface area contributed by atoms with E-state index in [9.17, 15) is 4.79 Å². The Bertz CT molecular complexity index is 1120. The van der Waals surface area contributed by atoms with Gasteiger partial charge >= 0.3 is 0 Å². The van der Waals surface area contributed by atoms with Crippen LogP contribution in [0.3, 0.4) is 0 Å². The molecule has 0 bridgehead atoms. The lowest BCUT2D eigenvalue weighted by molar-refractivity contribution is -0.123. The average Bonchev–Trinajstić information content (AvgIpc) is 3.25. The average molecular weight is 402 g/mol. The molecule has 0 saturated heterocycles. The highest BCUT2D eigenvalue weighted by molar-refractivity contribution is 5.89. The first-order valence-electron chi connectivity index (χ1n) is 9.87. The van der Waals surface area contributed by atoms with Crippen LogP contribution in [-0.2, 0) is 4.79 Å². The summed E-state index contributed by atoms with van der Waals surface area (Å²) >= 11 is 0. The number of nitrogens with one attached hydrogen (secondary N) is 1. The molecule has 7 nitrogen and oxygen atoms in total. The van der Waals surface area contributed by atoms with Gasteiger partial charge < -0.3 is 14.8 Å². The van der Waals surface area contributed by atoms with E-state index in [0.29, 0.717) is 12.4 Å². The van der Waals surface area contributed by atoms with Gasteiger partial charge in [0.1, 0.15) is 23.6 Å². The molecule has 0 unspecified atom stereocenters. The normalized spacial score (nSPS) is 22.4. The van der Waals surface area contributed by atoms with E-state index in [1.54, 1.807) is 18.9 Å². The number of carbonyl (C=O) groups excluding carboxylic acids is 1. The van der Waals surface area contributed by atoms with Crippen LogP contribution in [0, 0.1) is 5.92 Å². The Hall–Kier alpha value is -3.61. The number of ether oxygens (including phenoxy) is 2. The van der Waals surface area contributed by atoms with Gasteiger partial charge in [0.2, 0.25) is 5.95 Å². The van der Waals surface area contributed by atoms with Crippen LogP contribution in [0.2, 0.25) is 0 Å². The molecule has 0 spiro atoms. The molecule has 0 saturated carbocycles. The third-order valence-electron chi connectivity index (χ3n) is 5.89. The Kier molecular flexibility index (Phi) is 4.50. The number of hydrogen-bond acceptors (Lipinski definition) is 6. The van der Waals surface area contributed by atoms with E-state index in [-0.39, 0.29) is 23.7 Å². The predicted octanol–water partition coefficient (Wildman–Crippen LogP) is 3.57. The van der Waals surface area contributed by atoms with Crippen molar-refractivity contribution in [1.82, 2.24) is 14.8 Å². The predicted molar refractivity (Wildman–Crippen MR) is 112 cm³/mol. The highest BCUT2D eigenvalue weighted by Gasteiger charge is 2.44. The van der Waals surface area contributed by atoms with Gasteiger partial charge in [0.05, 0.1) is 26.2 Å². The standard InChI is InChI=1S/C23H22N4O3/c1-29-16-9-7-14(8-10-16)15-11-18-21(19(28)12-15)22(27-23(26-18)24-13-25-27)17-5-3-4-6-20(17)30-2/h3-11,13,15,21-22H,12H2,1-2H3,(H,24,25,26)/t15-,21+,22+/m0/s1. The molecule has 1 N–H and O–H groups in total. The molecule has 3 atom stereocenters. The lowest BCUT2D eigenvalue weighted by Crippen LogP contribution is -2.40. The van der Waals surface area contributed by atoms with E-state index < -0.39 is 0 Å². The lowest BCUT2D eigenvalue weighted by Gasteiger charge is -2.38. The van der Waals surface area contributed by atoms with Crippen molar-refractivity contribution in [2.24, 2.45) is 5.92 Å². The van der Waals surface area contributed by atoms with E-state index in [0.717, 1.165) is 28.3 Å². The maximum absolute atomic E-state index is 13.4. The molecule has 1 aliphatic heterocycles. The van der Waals surface area contributed by atoms with Crippen LogP contribution in [0.25, 0.3) is 0 Å². The van der Waals surface area contributed by atoms with Crippen LogP contribution in [0.5, 0.6) is 11.5 Å². The van der Waals surface area contributed by atoms with Crippen LogP contribution in [0.4, 0.5) is 5.95 Å². The first-order valence-corrected chi connectivity index (χ1v) is 9.87. The number of carbonyl (C=O) groups is 1. The first kappa shape index (κ1) is 18.4. The number of Topliss-reactive ketones (excluding diaryl/α,β-unsaturated/α-hetero) is 1. The van der Waals surface area contributed by atoms with Crippen LogP contribution in [-0.4, -0.2) is 34.8 Å². The smallest absolute Gasteiger partial charge is 0.226 e. The minimum Gasteiger partial charge on any atom is -0.497 e. The maximum Gasteiger partial charge on any atom is 0.226 e. The summed E-state index contributed by atoms with van der Waals surface area (Å²) in [5.74, 6) is 1.94. The summed E-state index contributed by atoms with van der Waals surface area (Å²) < 4.78 is 12.6. The Morgan fingerprint density at radius 2 is 1.87 bits per heavy atom. The van der Waals surface area contributed by atoms with Crippen LogP contribution >= 0.6 is 0 Å². The van der Waals surface area contributed by atoms with Gasteiger partial charge in [-0.2, -0.15) is 10.1 Å². The number of allylic oxidation sites excluding steroid dienone is 2. The zero-order valence-electron chi connectivity index (χ0n) is 16.8. The fourth-order valence-electron chi connectivity index (χ4n) is 4.46. The van der Waals surface area contributed by atoms with Crippen molar-refractivity contribution in [3.05, 3.63) is 77.8 Å². The van der Waals surface area contributed by atoms with Crippen LogP contribution in [0.15, 0.2) is 66.6 Å². The molecule has 2 heterocycles. The number of methoxy groups -OCH3 is 2. The highest BCUT2D eigenvalue weighted by Crippen LogP contribution is 2.45. The molecule has 1 aromatic heterocycles. The van der Waals surface area contributed by atoms with Gasteiger partial charge in [-0.15, -0.1) is 0 Å². The molecule has 3 aromatic rings. The monoisotopic (exact) mass is 402 g/mol. The topological polar surface area (TPSA) is 78.3 Å². The van der Waals surface area contributed by atoms with Gasteiger partial charge in [-0.05, 0) is 23.8 Å². The summed E-state index contributed by atoms with van der Waals surface area (Å²) in [5, 5.41) is 7.74. The number of fused-ring (bicyclic) bond motifs is 2. The van der Waals surface area contributed by atoms with Crippen LogP contribution in [0.1, 0.15) is 29.5 Å². The van der Waals surface area contributed by atoms with E-state index >= 15 is 0 Å². The Morgan fingerprint density at radius 1 is 1.07 bits per heavy atom. The molecule has 0 amide bonds. The van der Waals surface area contributed by atoms with Gasteiger partial charge in [0.25, 0.3) is 0 Å². The fraction of sp³-hybridized carbons (Fsp3) is 0.261. The number of rotatable bonds is 4.